The summed E-state index contributed by atoms with van der Waals surface area (Å²) in [5.41, 5.74) is 2.56. The van der Waals surface area contributed by atoms with E-state index >= 15 is 0 Å². The Balaban J connectivity index is 1.46. The highest BCUT2D eigenvalue weighted by Crippen LogP contribution is 2.56. The predicted octanol–water partition coefficient (Wildman–Crippen LogP) is 5.59. The number of esters is 1. The number of aryl methyl sites for hydroxylation is 1. The number of carbonyl (C=O) groups is 3. The number of ether oxygens (including phenoxy) is 2. The van der Waals surface area contributed by atoms with E-state index in [0.29, 0.717) is 22.6 Å². The van der Waals surface area contributed by atoms with Crippen LogP contribution in [0.2, 0.25) is 0 Å². The van der Waals surface area contributed by atoms with Crippen molar-refractivity contribution in [2.45, 2.75) is 12.8 Å². The Labute approximate surface area is 240 Å². The molecule has 0 saturated carbocycles. The average Bonchev–Trinajstić information content (AvgIpc) is 3.26. The third-order valence-electron chi connectivity index (χ3n) is 8.63. The molecule has 1 aliphatic carbocycles. The molecule has 9 nitrogen and oxygen atoms in total. The van der Waals surface area contributed by atoms with Crippen LogP contribution in [0.3, 0.4) is 0 Å². The van der Waals surface area contributed by atoms with E-state index in [0.717, 1.165) is 26.8 Å². The first-order valence-electron chi connectivity index (χ1n) is 13.5. The molecule has 0 spiro atoms. The van der Waals surface area contributed by atoms with Gasteiger partial charge >= 0.3 is 5.97 Å². The summed E-state index contributed by atoms with van der Waals surface area (Å²) in [6.07, 6.45) is 1.92. The number of benzene rings is 4. The normalized spacial score (nSPS) is 22.7. The number of non-ortho nitro benzene ring substituents is 1. The number of fused-ring (bicyclic) bond motifs is 7. The van der Waals surface area contributed by atoms with Crippen LogP contribution >= 0.6 is 0 Å². The van der Waals surface area contributed by atoms with Gasteiger partial charge in [-0.2, -0.15) is 0 Å². The maximum atomic E-state index is 14.3. The van der Waals surface area contributed by atoms with Gasteiger partial charge in [-0.15, -0.1) is 0 Å². The fourth-order valence-corrected chi connectivity index (χ4v) is 6.67. The van der Waals surface area contributed by atoms with Gasteiger partial charge in [-0.05, 0) is 52.6 Å². The number of hydrogen-bond acceptors (Lipinski definition) is 7. The van der Waals surface area contributed by atoms with E-state index in [1.807, 2.05) is 48.5 Å². The number of allylic oxidation sites excluding steroid dienone is 1. The number of anilines is 1. The number of hydrogen-bond donors (Lipinski definition) is 0. The van der Waals surface area contributed by atoms with Crippen molar-refractivity contribution in [1.29, 1.82) is 0 Å². The first-order valence-corrected chi connectivity index (χ1v) is 13.5. The van der Waals surface area contributed by atoms with Gasteiger partial charge < -0.3 is 9.47 Å². The molecule has 0 bridgehead atoms. The molecule has 7 rings (SSSR count). The molecule has 3 aliphatic rings. The van der Waals surface area contributed by atoms with Crippen molar-refractivity contribution >= 4 is 45.5 Å². The van der Waals surface area contributed by atoms with Crippen LogP contribution in [0.25, 0.3) is 16.3 Å². The number of carbonyl (C=O) groups excluding carboxylic acids is 3. The van der Waals surface area contributed by atoms with Crippen molar-refractivity contribution in [2.24, 2.45) is 17.8 Å². The standard InChI is InChI=1S/C33H24N2O7/c1-17-7-11-20(35(39)40)15-25(17)34-31(36)28-23(19-8-12-21(41-2)13-9-19)16-24-27-22-6-4-3-5-18(22)10-14-26(27)42-33(38)29(24)30(28)32(34)37/h3-16,23,28-30H,1-2H3/t23-,28+,29-,30+/m0/s1. The molecule has 1 saturated heterocycles. The summed E-state index contributed by atoms with van der Waals surface area (Å²) >= 11 is 0. The highest BCUT2D eigenvalue weighted by atomic mass is 16.6. The monoisotopic (exact) mass is 560 g/mol. The van der Waals surface area contributed by atoms with E-state index < -0.39 is 46.4 Å². The summed E-state index contributed by atoms with van der Waals surface area (Å²) in [5.74, 6) is -4.25. The number of nitrogens with zero attached hydrogens (tertiary/aromatic N) is 2. The van der Waals surface area contributed by atoms with Crippen LogP contribution in [-0.2, 0) is 14.4 Å². The molecule has 208 valence electrons. The van der Waals surface area contributed by atoms with Crippen molar-refractivity contribution in [1.82, 2.24) is 0 Å². The Kier molecular flexibility index (Phi) is 5.72. The maximum absolute atomic E-state index is 14.3. The average molecular weight is 561 g/mol. The second-order valence-corrected chi connectivity index (χ2v) is 10.8. The van der Waals surface area contributed by atoms with E-state index in [1.165, 1.54) is 18.2 Å². The van der Waals surface area contributed by atoms with Crippen LogP contribution in [-0.4, -0.2) is 29.8 Å². The molecule has 4 aromatic carbocycles. The number of nitro benzene ring substituents is 1. The molecule has 2 heterocycles. The van der Waals surface area contributed by atoms with Crippen molar-refractivity contribution in [3.63, 3.8) is 0 Å². The second kappa shape index (κ2) is 9.37. The zero-order valence-electron chi connectivity index (χ0n) is 22.6. The van der Waals surface area contributed by atoms with Crippen LogP contribution in [0.5, 0.6) is 11.5 Å². The van der Waals surface area contributed by atoms with Crippen molar-refractivity contribution in [3.05, 3.63) is 112 Å². The van der Waals surface area contributed by atoms with Gasteiger partial charge in [0, 0.05) is 23.6 Å². The van der Waals surface area contributed by atoms with E-state index in [1.54, 1.807) is 32.2 Å². The highest BCUT2D eigenvalue weighted by molar-refractivity contribution is 6.25. The lowest BCUT2D eigenvalue weighted by molar-refractivity contribution is -0.384. The molecule has 1 fully saturated rings. The maximum Gasteiger partial charge on any atom is 0.319 e. The molecule has 2 aliphatic heterocycles. The topological polar surface area (TPSA) is 116 Å². The van der Waals surface area contributed by atoms with Crippen LogP contribution < -0.4 is 14.4 Å². The van der Waals surface area contributed by atoms with Gasteiger partial charge in [-0.25, -0.2) is 4.90 Å². The smallest absolute Gasteiger partial charge is 0.319 e. The SMILES string of the molecule is COc1ccc([C@@H]2C=C3c4c(ccc5ccccc45)OC(=O)[C@@H]3[C@@H]3C(=O)N(c4cc([N+](=O)[O-])ccc4C)C(=O)[C@@H]32)cc1. The minimum atomic E-state index is -1.07. The number of rotatable bonds is 4. The third-order valence-corrected chi connectivity index (χ3v) is 8.63. The first-order chi connectivity index (χ1) is 20.3. The Hall–Kier alpha value is -5.31. The fourth-order valence-electron chi connectivity index (χ4n) is 6.67. The van der Waals surface area contributed by atoms with Gasteiger partial charge in [-0.1, -0.05) is 54.6 Å². The molecule has 0 radical (unpaired) electrons. The molecule has 2 amide bonds. The number of amides is 2. The Morgan fingerprint density at radius 3 is 2.38 bits per heavy atom. The highest BCUT2D eigenvalue weighted by Gasteiger charge is 2.60. The van der Waals surface area contributed by atoms with Crippen LogP contribution in [0, 0.1) is 34.8 Å². The second-order valence-electron chi connectivity index (χ2n) is 10.8. The van der Waals surface area contributed by atoms with Gasteiger partial charge in [0.1, 0.15) is 11.5 Å². The Bertz CT molecular complexity index is 1880. The lowest BCUT2D eigenvalue weighted by atomic mass is 9.64. The molecule has 0 N–H and O–H groups in total. The minimum absolute atomic E-state index is 0.138. The van der Waals surface area contributed by atoms with Crippen molar-refractivity contribution < 1.29 is 28.8 Å². The van der Waals surface area contributed by atoms with Crippen molar-refractivity contribution in [2.75, 3.05) is 12.0 Å². The zero-order valence-corrected chi connectivity index (χ0v) is 22.6. The quantitative estimate of drug-likeness (QED) is 0.105. The van der Waals surface area contributed by atoms with E-state index in [9.17, 15) is 24.5 Å². The summed E-state index contributed by atoms with van der Waals surface area (Å²) in [7, 11) is 1.56. The van der Waals surface area contributed by atoms with Gasteiger partial charge in [0.25, 0.3) is 5.69 Å². The predicted molar refractivity (Wildman–Crippen MR) is 154 cm³/mol. The van der Waals surface area contributed by atoms with E-state index in [2.05, 4.69) is 0 Å². The number of methoxy groups -OCH3 is 1. The fraction of sp³-hybridized carbons (Fsp3) is 0.182. The summed E-state index contributed by atoms with van der Waals surface area (Å²) in [6.45, 7) is 1.68. The van der Waals surface area contributed by atoms with Crippen LogP contribution in [0.15, 0.2) is 84.9 Å². The molecular formula is C33H24N2O7. The Morgan fingerprint density at radius 2 is 1.64 bits per heavy atom. The van der Waals surface area contributed by atoms with Gasteiger partial charge in [0.2, 0.25) is 11.8 Å². The summed E-state index contributed by atoms with van der Waals surface area (Å²) in [4.78, 5) is 54.3. The van der Waals surface area contributed by atoms with Gasteiger partial charge in [0.15, 0.2) is 0 Å². The molecule has 9 heteroatoms. The molecule has 4 atom stereocenters. The molecule has 0 unspecified atom stereocenters. The number of nitro groups is 1. The first kappa shape index (κ1) is 25.6. The van der Waals surface area contributed by atoms with Gasteiger partial charge in [-0.3, -0.25) is 24.5 Å². The largest absolute Gasteiger partial charge is 0.497 e. The number of imide groups is 1. The third kappa shape index (κ3) is 3.66. The van der Waals surface area contributed by atoms with Crippen molar-refractivity contribution in [3.8, 4) is 11.5 Å². The summed E-state index contributed by atoms with van der Waals surface area (Å²) < 4.78 is 11.2. The molecule has 0 aromatic heterocycles. The van der Waals surface area contributed by atoms with Crippen LogP contribution in [0.4, 0.5) is 11.4 Å². The molecule has 42 heavy (non-hydrogen) atoms. The lowest BCUT2D eigenvalue weighted by Gasteiger charge is -2.38. The minimum Gasteiger partial charge on any atom is -0.497 e. The Morgan fingerprint density at radius 1 is 0.905 bits per heavy atom. The molecular weight excluding hydrogens is 536 g/mol. The summed E-state index contributed by atoms with van der Waals surface area (Å²) in [6, 6.07) is 22.7. The van der Waals surface area contributed by atoms with E-state index in [4.69, 9.17) is 9.47 Å². The molecule has 4 aromatic rings. The van der Waals surface area contributed by atoms with E-state index in [-0.39, 0.29) is 11.4 Å². The lowest BCUT2D eigenvalue weighted by Crippen LogP contribution is -2.42. The summed E-state index contributed by atoms with van der Waals surface area (Å²) in [5, 5.41) is 13.4. The zero-order chi connectivity index (χ0) is 29.3. The van der Waals surface area contributed by atoms with Gasteiger partial charge in [0.05, 0.1) is 35.5 Å². The van der Waals surface area contributed by atoms with Crippen LogP contribution in [0.1, 0.15) is 22.6 Å².